The molecule has 6 heteroatoms. The van der Waals surface area contributed by atoms with Crippen LogP contribution in [0.2, 0.25) is 0 Å². The lowest BCUT2D eigenvalue weighted by Gasteiger charge is -2.05. The Balaban J connectivity index is 2.62. The Morgan fingerprint density at radius 2 is 2.33 bits per heavy atom. The van der Waals surface area contributed by atoms with Gasteiger partial charge in [0.15, 0.2) is 5.82 Å². The second kappa shape index (κ2) is 5.06. The number of hydrogen-bond donors (Lipinski definition) is 1. The number of hydrogen-bond acceptors (Lipinski definition) is 3. The second-order valence-corrected chi connectivity index (χ2v) is 4.00. The van der Waals surface area contributed by atoms with Crippen molar-refractivity contribution in [2.75, 3.05) is 5.75 Å². The molecule has 1 unspecified atom stereocenters. The van der Waals surface area contributed by atoms with Crippen molar-refractivity contribution in [3.05, 3.63) is 23.9 Å². The van der Waals surface area contributed by atoms with Gasteiger partial charge in [-0.05, 0) is 0 Å². The normalized spacial score (nSPS) is 12.5. The first-order valence-corrected chi connectivity index (χ1v) is 5.16. The molecule has 0 fully saturated rings. The van der Waals surface area contributed by atoms with E-state index in [0.717, 1.165) is 24.0 Å². The van der Waals surface area contributed by atoms with Crippen molar-refractivity contribution >= 4 is 17.7 Å². The van der Waals surface area contributed by atoms with E-state index in [1.165, 1.54) is 6.92 Å². The predicted molar refractivity (Wildman–Crippen MR) is 51.7 cm³/mol. The summed E-state index contributed by atoms with van der Waals surface area (Å²) in [5.41, 5.74) is 0. The number of nitrogens with zero attached hydrogens (tertiary/aromatic N) is 1. The van der Waals surface area contributed by atoms with E-state index in [1.54, 1.807) is 0 Å². The van der Waals surface area contributed by atoms with Gasteiger partial charge in [-0.2, -0.15) is 0 Å². The number of halogens is 2. The summed E-state index contributed by atoms with van der Waals surface area (Å²) in [6.45, 7) is 1.51. The van der Waals surface area contributed by atoms with E-state index >= 15 is 0 Å². The fourth-order valence-electron chi connectivity index (χ4n) is 0.783. The van der Waals surface area contributed by atoms with Crippen LogP contribution < -0.4 is 0 Å². The molecule has 1 aromatic rings. The van der Waals surface area contributed by atoms with Crippen LogP contribution in [-0.4, -0.2) is 21.8 Å². The number of pyridine rings is 1. The molecule has 0 aromatic carbocycles. The molecule has 1 N–H and O–H groups in total. The molecule has 15 heavy (non-hydrogen) atoms. The minimum atomic E-state index is -0.954. The van der Waals surface area contributed by atoms with Crippen molar-refractivity contribution in [2.45, 2.75) is 11.9 Å². The predicted octanol–water partition coefficient (Wildman–Crippen LogP) is 2.17. The van der Waals surface area contributed by atoms with Gasteiger partial charge < -0.3 is 5.11 Å². The van der Waals surface area contributed by atoms with Crippen LogP contribution in [0.4, 0.5) is 8.78 Å². The lowest BCUT2D eigenvalue weighted by molar-refractivity contribution is -0.140. The fourth-order valence-corrected chi connectivity index (χ4v) is 1.66. The Labute approximate surface area is 89.5 Å². The first kappa shape index (κ1) is 11.9. The van der Waals surface area contributed by atoms with Crippen LogP contribution >= 0.6 is 11.8 Å². The number of rotatable bonds is 4. The van der Waals surface area contributed by atoms with Crippen LogP contribution in [0.25, 0.3) is 0 Å². The number of aliphatic carboxylic acids is 1. The first-order chi connectivity index (χ1) is 7.00. The van der Waals surface area contributed by atoms with E-state index in [0.29, 0.717) is 0 Å². The lowest BCUT2D eigenvalue weighted by Crippen LogP contribution is -2.12. The van der Waals surface area contributed by atoms with Gasteiger partial charge in [0.1, 0.15) is 10.8 Å². The zero-order valence-corrected chi connectivity index (χ0v) is 8.72. The van der Waals surface area contributed by atoms with Crippen LogP contribution in [0.5, 0.6) is 0 Å². The second-order valence-electron chi connectivity index (χ2n) is 2.99. The number of carboxylic acids is 1. The minimum absolute atomic E-state index is 0.0181. The average molecular weight is 233 g/mol. The van der Waals surface area contributed by atoms with E-state index < -0.39 is 23.5 Å². The van der Waals surface area contributed by atoms with Crippen molar-refractivity contribution in [1.29, 1.82) is 0 Å². The number of aromatic nitrogens is 1. The molecule has 0 saturated carbocycles. The van der Waals surface area contributed by atoms with Gasteiger partial charge in [0.05, 0.1) is 12.1 Å². The van der Waals surface area contributed by atoms with Crippen LogP contribution in [0.15, 0.2) is 17.3 Å². The third-order valence-corrected chi connectivity index (χ3v) is 2.91. The maximum atomic E-state index is 13.0. The van der Waals surface area contributed by atoms with Gasteiger partial charge in [0.25, 0.3) is 0 Å². The van der Waals surface area contributed by atoms with Crippen LogP contribution in [-0.2, 0) is 4.79 Å². The summed E-state index contributed by atoms with van der Waals surface area (Å²) >= 11 is 0.959. The fraction of sp³-hybridized carbons (Fsp3) is 0.333. The van der Waals surface area contributed by atoms with Crippen LogP contribution in [0.1, 0.15) is 6.92 Å². The molecule has 0 radical (unpaired) electrons. The Hall–Kier alpha value is -1.17. The maximum absolute atomic E-state index is 13.0. The highest BCUT2D eigenvalue weighted by Gasteiger charge is 2.13. The lowest BCUT2D eigenvalue weighted by atomic mass is 10.2. The summed E-state index contributed by atoms with van der Waals surface area (Å²) in [7, 11) is 0. The third kappa shape index (κ3) is 3.47. The van der Waals surface area contributed by atoms with Crippen molar-refractivity contribution in [1.82, 2.24) is 4.98 Å². The molecule has 1 heterocycles. The zero-order chi connectivity index (χ0) is 11.4. The largest absolute Gasteiger partial charge is 0.481 e. The molecular weight excluding hydrogens is 224 g/mol. The summed E-state index contributed by atoms with van der Waals surface area (Å²) in [5, 5.41) is 8.60. The highest BCUT2D eigenvalue weighted by atomic mass is 32.2. The summed E-state index contributed by atoms with van der Waals surface area (Å²) in [5.74, 6) is -2.86. The monoisotopic (exact) mass is 233 g/mol. The molecule has 0 aliphatic heterocycles. The third-order valence-electron chi connectivity index (χ3n) is 1.67. The van der Waals surface area contributed by atoms with Gasteiger partial charge in [-0.1, -0.05) is 6.92 Å². The molecule has 82 valence electrons. The van der Waals surface area contributed by atoms with Gasteiger partial charge >= 0.3 is 5.97 Å². The summed E-state index contributed by atoms with van der Waals surface area (Å²) in [6, 6.07) is 0.723. The molecule has 1 aromatic heterocycles. The number of carboxylic acid groups (broad SMARTS) is 1. The van der Waals surface area contributed by atoms with Gasteiger partial charge in [-0.3, -0.25) is 4.79 Å². The van der Waals surface area contributed by atoms with Crippen molar-refractivity contribution < 1.29 is 18.7 Å². The summed E-state index contributed by atoms with van der Waals surface area (Å²) < 4.78 is 25.5. The van der Waals surface area contributed by atoms with Gasteiger partial charge in [0, 0.05) is 11.8 Å². The van der Waals surface area contributed by atoms with Crippen molar-refractivity contribution in [3.8, 4) is 0 Å². The number of thioether (sulfide) groups is 1. The summed E-state index contributed by atoms with van der Waals surface area (Å²) in [6.07, 6.45) is 0.900. The zero-order valence-electron chi connectivity index (χ0n) is 7.91. The van der Waals surface area contributed by atoms with E-state index in [4.69, 9.17) is 5.11 Å². The van der Waals surface area contributed by atoms with Crippen LogP contribution in [0, 0.1) is 17.6 Å². The Bertz CT molecular complexity index is 373. The minimum Gasteiger partial charge on any atom is -0.481 e. The molecule has 0 aliphatic rings. The van der Waals surface area contributed by atoms with Gasteiger partial charge in [0.2, 0.25) is 0 Å². The Morgan fingerprint density at radius 1 is 1.67 bits per heavy atom. The standard InChI is InChI=1S/C9H9F2NO2S/c1-5(9(13)14)4-15-8-7(11)2-6(10)3-12-8/h2-3,5H,4H2,1H3,(H,13,14). The Kier molecular flexibility index (Phi) is 4.02. The van der Waals surface area contributed by atoms with Crippen molar-refractivity contribution in [3.63, 3.8) is 0 Å². The highest BCUT2D eigenvalue weighted by molar-refractivity contribution is 7.99. The van der Waals surface area contributed by atoms with Gasteiger partial charge in [-0.25, -0.2) is 13.8 Å². The Morgan fingerprint density at radius 3 is 2.87 bits per heavy atom. The molecule has 0 saturated heterocycles. The van der Waals surface area contributed by atoms with Crippen LogP contribution in [0.3, 0.4) is 0 Å². The molecule has 1 rings (SSSR count). The average Bonchev–Trinajstić information content (AvgIpc) is 2.15. The molecule has 0 amide bonds. The molecular formula is C9H9F2NO2S. The molecule has 0 spiro atoms. The number of carbonyl (C=O) groups is 1. The smallest absolute Gasteiger partial charge is 0.307 e. The molecule has 0 aliphatic carbocycles. The molecule has 1 atom stereocenters. The van der Waals surface area contributed by atoms with Gasteiger partial charge in [-0.15, -0.1) is 11.8 Å². The van der Waals surface area contributed by atoms with E-state index in [9.17, 15) is 13.6 Å². The molecule has 0 bridgehead atoms. The highest BCUT2D eigenvalue weighted by Crippen LogP contribution is 2.21. The quantitative estimate of drug-likeness (QED) is 0.810. The first-order valence-electron chi connectivity index (χ1n) is 4.17. The van der Waals surface area contributed by atoms with E-state index in [2.05, 4.69) is 4.98 Å². The molecule has 3 nitrogen and oxygen atoms in total. The topological polar surface area (TPSA) is 50.2 Å². The summed E-state index contributed by atoms with van der Waals surface area (Å²) in [4.78, 5) is 14.0. The SMILES string of the molecule is CC(CSc1ncc(F)cc1F)C(=O)O. The maximum Gasteiger partial charge on any atom is 0.307 e. The van der Waals surface area contributed by atoms with Crippen molar-refractivity contribution in [2.24, 2.45) is 5.92 Å². The van der Waals surface area contributed by atoms with E-state index in [1.807, 2.05) is 0 Å². The van der Waals surface area contributed by atoms with E-state index in [-0.39, 0.29) is 10.8 Å².